The highest BCUT2D eigenvalue weighted by Crippen LogP contribution is 2.10. The molecule has 1 aromatic carbocycles. The molecule has 8 nitrogen and oxygen atoms in total. The van der Waals surface area contributed by atoms with Crippen LogP contribution in [0.3, 0.4) is 0 Å². The Kier molecular flexibility index (Phi) is 9.20. The maximum atomic E-state index is 12.2. The van der Waals surface area contributed by atoms with Crippen LogP contribution in [-0.4, -0.2) is 61.9 Å². The highest BCUT2D eigenvalue weighted by Gasteiger charge is 2.09. The third-order valence-corrected chi connectivity index (χ3v) is 3.65. The van der Waals surface area contributed by atoms with Crippen LogP contribution in [0, 0.1) is 0 Å². The van der Waals surface area contributed by atoms with E-state index in [1.165, 1.54) is 0 Å². The Morgan fingerprint density at radius 1 is 1.08 bits per heavy atom. The van der Waals surface area contributed by atoms with Crippen molar-refractivity contribution in [3.05, 3.63) is 29.8 Å². The molecular formula is C17H27N5O3. The predicted molar refractivity (Wildman–Crippen MR) is 97.3 cm³/mol. The number of carbonyl (C=O) groups is 3. The summed E-state index contributed by atoms with van der Waals surface area (Å²) in [4.78, 5) is 37.2. The van der Waals surface area contributed by atoms with Crippen molar-refractivity contribution in [1.29, 1.82) is 0 Å². The Morgan fingerprint density at radius 2 is 1.80 bits per heavy atom. The van der Waals surface area contributed by atoms with E-state index in [0.29, 0.717) is 17.8 Å². The molecule has 3 amide bonds. The number of amides is 3. The Hall–Kier alpha value is -2.45. The van der Waals surface area contributed by atoms with Crippen LogP contribution >= 0.6 is 0 Å². The molecule has 0 radical (unpaired) electrons. The highest BCUT2D eigenvalue weighted by atomic mass is 16.2. The summed E-state index contributed by atoms with van der Waals surface area (Å²) in [7, 11) is 0. The standard InChI is InChI=1S/C17H27N5O3/c1-3-22(4-2)9-8-19-17(25)13-6-5-7-14(10-13)21-16(24)12-20-15(23)11-18/h5-7,10H,3-4,8-9,11-12,18H2,1-2H3,(H,19,25)(H,20,23)(H,21,24). The predicted octanol–water partition coefficient (Wildman–Crippen LogP) is -0.228. The monoisotopic (exact) mass is 349 g/mol. The van der Waals surface area contributed by atoms with E-state index in [0.717, 1.165) is 19.6 Å². The van der Waals surface area contributed by atoms with Crippen LogP contribution in [0.15, 0.2) is 24.3 Å². The van der Waals surface area contributed by atoms with Gasteiger partial charge in [0, 0.05) is 24.3 Å². The van der Waals surface area contributed by atoms with E-state index in [1.54, 1.807) is 24.3 Å². The Morgan fingerprint density at radius 3 is 2.44 bits per heavy atom. The zero-order valence-electron chi connectivity index (χ0n) is 14.8. The van der Waals surface area contributed by atoms with Crippen molar-refractivity contribution in [2.75, 3.05) is 44.6 Å². The van der Waals surface area contributed by atoms with Gasteiger partial charge >= 0.3 is 0 Å². The molecule has 0 heterocycles. The van der Waals surface area contributed by atoms with Crippen LogP contribution in [0.1, 0.15) is 24.2 Å². The Labute approximate surface area is 148 Å². The van der Waals surface area contributed by atoms with Crippen molar-refractivity contribution in [3.63, 3.8) is 0 Å². The molecular weight excluding hydrogens is 322 g/mol. The summed E-state index contributed by atoms with van der Waals surface area (Å²) in [5.41, 5.74) is 6.10. The second-order valence-corrected chi connectivity index (χ2v) is 5.39. The number of hydrogen-bond acceptors (Lipinski definition) is 5. The van der Waals surface area contributed by atoms with Gasteiger partial charge in [0.05, 0.1) is 13.1 Å². The van der Waals surface area contributed by atoms with Gasteiger partial charge in [-0.2, -0.15) is 0 Å². The van der Waals surface area contributed by atoms with E-state index < -0.39 is 5.91 Å². The van der Waals surface area contributed by atoms with Crippen molar-refractivity contribution < 1.29 is 14.4 Å². The third-order valence-electron chi connectivity index (χ3n) is 3.65. The fraction of sp³-hybridized carbons (Fsp3) is 0.471. The molecule has 5 N–H and O–H groups in total. The van der Waals surface area contributed by atoms with Gasteiger partial charge in [0.2, 0.25) is 11.8 Å². The first kappa shape index (κ1) is 20.6. The highest BCUT2D eigenvalue weighted by molar-refractivity contribution is 5.98. The van der Waals surface area contributed by atoms with Crippen molar-refractivity contribution in [2.45, 2.75) is 13.8 Å². The van der Waals surface area contributed by atoms with E-state index in [2.05, 4.69) is 34.7 Å². The fourth-order valence-electron chi connectivity index (χ4n) is 2.16. The van der Waals surface area contributed by atoms with Gasteiger partial charge in [-0.15, -0.1) is 0 Å². The summed E-state index contributed by atoms with van der Waals surface area (Å²) in [6.45, 7) is 7.04. The number of anilines is 1. The maximum absolute atomic E-state index is 12.2. The molecule has 0 unspecified atom stereocenters. The molecule has 0 bridgehead atoms. The van der Waals surface area contributed by atoms with Crippen LogP contribution in [0.25, 0.3) is 0 Å². The zero-order chi connectivity index (χ0) is 18.7. The van der Waals surface area contributed by atoms with Gasteiger partial charge in [0.15, 0.2) is 0 Å². The van der Waals surface area contributed by atoms with Crippen molar-refractivity contribution in [2.24, 2.45) is 5.73 Å². The number of likely N-dealkylation sites (N-methyl/N-ethyl adjacent to an activating group) is 1. The smallest absolute Gasteiger partial charge is 0.251 e. The van der Waals surface area contributed by atoms with Gasteiger partial charge in [0.1, 0.15) is 0 Å². The minimum absolute atomic E-state index is 0.170. The lowest BCUT2D eigenvalue weighted by Gasteiger charge is -2.18. The third kappa shape index (κ3) is 7.77. The Balaban J connectivity index is 2.51. The van der Waals surface area contributed by atoms with E-state index in [9.17, 15) is 14.4 Å². The van der Waals surface area contributed by atoms with Gasteiger partial charge in [-0.1, -0.05) is 19.9 Å². The maximum Gasteiger partial charge on any atom is 0.251 e. The molecule has 0 aromatic heterocycles. The summed E-state index contributed by atoms with van der Waals surface area (Å²) < 4.78 is 0. The molecule has 0 fully saturated rings. The number of nitrogens with zero attached hydrogens (tertiary/aromatic N) is 1. The zero-order valence-corrected chi connectivity index (χ0v) is 14.8. The van der Waals surface area contributed by atoms with Gasteiger partial charge < -0.3 is 26.6 Å². The fourth-order valence-corrected chi connectivity index (χ4v) is 2.16. The first-order valence-electron chi connectivity index (χ1n) is 8.37. The first-order valence-corrected chi connectivity index (χ1v) is 8.37. The summed E-state index contributed by atoms with van der Waals surface area (Å²) in [5, 5.41) is 7.87. The molecule has 0 atom stereocenters. The quantitative estimate of drug-likeness (QED) is 0.466. The van der Waals surface area contributed by atoms with Gasteiger partial charge in [-0.25, -0.2) is 0 Å². The molecule has 8 heteroatoms. The summed E-state index contributed by atoms with van der Waals surface area (Å²) in [6.07, 6.45) is 0. The average Bonchev–Trinajstić information content (AvgIpc) is 2.63. The van der Waals surface area contributed by atoms with E-state index >= 15 is 0 Å². The number of carbonyl (C=O) groups excluding carboxylic acids is 3. The summed E-state index contributed by atoms with van der Waals surface area (Å²) in [5.74, 6) is -0.989. The summed E-state index contributed by atoms with van der Waals surface area (Å²) in [6, 6.07) is 6.64. The van der Waals surface area contributed by atoms with Crippen LogP contribution in [0.5, 0.6) is 0 Å². The molecule has 25 heavy (non-hydrogen) atoms. The van der Waals surface area contributed by atoms with Crippen molar-refractivity contribution >= 4 is 23.4 Å². The summed E-state index contributed by atoms with van der Waals surface area (Å²) >= 11 is 0. The number of hydrogen-bond donors (Lipinski definition) is 4. The first-order chi connectivity index (χ1) is 12.0. The van der Waals surface area contributed by atoms with Gasteiger partial charge in [0.25, 0.3) is 5.91 Å². The largest absolute Gasteiger partial charge is 0.351 e. The molecule has 0 aliphatic rings. The molecule has 1 rings (SSSR count). The lowest BCUT2D eigenvalue weighted by atomic mass is 10.2. The topological polar surface area (TPSA) is 117 Å². The minimum atomic E-state index is -0.406. The normalized spacial score (nSPS) is 10.4. The van der Waals surface area contributed by atoms with Crippen molar-refractivity contribution in [1.82, 2.24) is 15.5 Å². The molecule has 0 saturated heterocycles. The van der Waals surface area contributed by atoms with Gasteiger partial charge in [-0.3, -0.25) is 14.4 Å². The lowest BCUT2D eigenvalue weighted by Crippen LogP contribution is -2.36. The van der Waals surface area contributed by atoms with E-state index in [4.69, 9.17) is 5.73 Å². The van der Waals surface area contributed by atoms with Crippen LogP contribution < -0.4 is 21.7 Å². The van der Waals surface area contributed by atoms with E-state index in [1.807, 2.05) is 0 Å². The minimum Gasteiger partial charge on any atom is -0.351 e. The van der Waals surface area contributed by atoms with E-state index in [-0.39, 0.29) is 24.9 Å². The van der Waals surface area contributed by atoms with Crippen LogP contribution in [0.4, 0.5) is 5.69 Å². The molecule has 0 aliphatic heterocycles. The average molecular weight is 349 g/mol. The molecule has 1 aromatic rings. The molecule has 138 valence electrons. The van der Waals surface area contributed by atoms with Crippen LogP contribution in [-0.2, 0) is 9.59 Å². The molecule has 0 saturated carbocycles. The second-order valence-electron chi connectivity index (χ2n) is 5.39. The SMILES string of the molecule is CCN(CC)CCNC(=O)c1cccc(NC(=O)CNC(=O)CN)c1. The molecule has 0 aliphatic carbocycles. The number of benzene rings is 1. The number of nitrogens with one attached hydrogen (secondary N) is 3. The Bertz CT molecular complexity index is 587. The van der Waals surface area contributed by atoms with Crippen LogP contribution in [0.2, 0.25) is 0 Å². The van der Waals surface area contributed by atoms with Crippen molar-refractivity contribution in [3.8, 4) is 0 Å². The number of rotatable bonds is 10. The lowest BCUT2D eigenvalue weighted by molar-refractivity contribution is -0.123. The number of nitrogens with two attached hydrogens (primary N) is 1. The molecule has 0 spiro atoms. The van der Waals surface area contributed by atoms with Gasteiger partial charge in [-0.05, 0) is 31.3 Å². The second kappa shape index (κ2) is 11.2.